The molecule has 2 rings (SSSR count). The SMILES string of the molecule is CCOC(=O)c1ccc(N)c(Br)c1.[C-]#[N+]c1ccc(C(=O)O)cc1Br. The van der Waals surface area contributed by atoms with E-state index in [2.05, 4.69) is 36.7 Å². The van der Waals surface area contributed by atoms with Gasteiger partial charge in [-0.05, 0) is 47.1 Å². The van der Waals surface area contributed by atoms with Crippen LogP contribution in [0.2, 0.25) is 0 Å². The van der Waals surface area contributed by atoms with Crippen LogP contribution in [-0.4, -0.2) is 23.7 Å². The molecule has 0 heterocycles. The average molecular weight is 470 g/mol. The lowest BCUT2D eigenvalue weighted by Gasteiger charge is -2.03. The van der Waals surface area contributed by atoms with Crippen LogP contribution in [0.1, 0.15) is 27.6 Å². The minimum absolute atomic E-state index is 0.175. The van der Waals surface area contributed by atoms with Gasteiger partial charge in [0.05, 0.1) is 24.3 Å². The maximum atomic E-state index is 11.2. The molecule has 0 amide bonds. The Hall–Kier alpha value is -2.37. The number of hydrogen-bond donors (Lipinski definition) is 2. The van der Waals surface area contributed by atoms with Crippen molar-refractivity contribution in [2.45, 2.75) is 6.92 Å². The molecular formula is C17H14Br2N2O4. The van der Waals surface area contributed by atoms with E-state index in [1.54, 1.807) is 25.1 Å². The molecule has 0 atom stereocenters. The van der Waals surface area contributed by atoms with Gasteiger partial charge in [-0.1, -0.05) is 28.1 Å². The predicted molar refractivity (Wildman–Crippen MR) is 102 cm³/mol. The van der Waals surface area contributed by atoms with Crippen molar-refractivity contribution < 1.29 is 19.4 Å². The number of rotatable bonds is 3. The van der Waals surface area contributed by atoms with Crippen molar-refractivity contribution in [3.8, 4) is 0 Å². The minimum atomic E-state index is -0.993. The van der Waals surface area contributed by atoms with E-state index in [0.29, 0.717) is 32.5 Å². The van der Waals surface area contributed by atoms with Crippen molar-refractivity contribution >= 4 is 55.2 Å². The fourth-order valence-electron chi connectivity index (χ4n) is 1.60. The minimum Gasteiger partial charge on any atom is -0.478 e. The molecule has 0 aliphatic carbocycles. The van der Waals surface area contributed by atoms with Gasteiger partial charge in [0, 0.05) is 14.6 Å². The third kappa shape index (κ3) is 6.21. The number of nitrogens with zero attached hydrogens (tertiary/aromatic N) is 1. The van der Waals surface area contributed by atoms with Gasteiger partial charge in [-0.25, -0.2) is 14.4 Å². The molecule has 0 unspecified atom stereocenters. The normalized spacial score (nSPS) is 9.36. The van der Waals surface area contributed by atoms with E-state index >= 15 is 0 Å². The first-order valence-corrected chi connectivity index (χ1v) is 8.51. The zero-order valence-corrected chi connectivity index (χ0v) is 16.3. The molecule has 0 aliphatic heterocycles. The quantitative estimate of drug-likeness (QED) is 0.378. The van der Waals surface area contributed by atoms with Crippen molar-refractivity contribution in [3.05, 3.63) is 67.9 Å². The molecule has 0 fully saturated rings. The highest BCUT2D eigenvalue weighted by atomic mass is 79.9. The van der Waals surface area contributed by atoms with Gasteiger partial charge in [0.1, 0.15) is 0 Å². The summed E-state index contributed by atoms with van der Waals surface area (Å²) in [7, 11) is 0. The predicted octanol–water partition coefficient (Wildman–Crippen LogP) is 4.91. The van der Waals surface area contributed by atoms with Crippen LogP contribution >= 0.6 is 31.9 Å². The summed E-state index contributed by atoms with van der Waals surface area (Å²) in [4.78, 5) is 24.9. The van der Waals surface area contributed by atoms with E-state index in [1.165, 1.54) is 18.2 Å². The van der Waals surface area contributed by atoms with E-state index in [1.807, 2.05) is 0 Å². The highest BCUT2D eigenvalue weighted by molar-refractivity contribution is 9.11. The molecule has 8 heteroatoms. The molecule has 0 aliphatic rings. The van der Waals surface area contributed by atoms with Crippen LogP contribution in [0.25, 0.3) is 4.85 Å². The maximum absolute atomic E-state index is 11.2. The Morgan fingerprint density at radius 3 is 2.24 bits per heavy atom. The highest BCUT2D eigenvalue weighted by Gasteiger charge is 2.07. The Morgan fingerprint density at radius 1 is 1.16 bits per heavy atom. The molecule has 2 aromatic carbocycles. The van der Waals surface area contributed by atoms with Crippen LogP contribution in [0.4, 0.5) is 11.4 Å². The Kier molecular flexibility index (Phi) is 8.11. The van der Waals surface area contributed by atoms with Crippen molar-refractivity contribution in [3.63, 3.8) is 0 Å². The van der Waals surface area contributed by atoms with Crippen LogP contribution < -0.4 is 5.73 Å². The van der Waals surface area contributed by atoms with Crippen molar-refractivity contribution in [1.29, 1.82) is 0 Å². The number of ether oxygens (including phenoxy) is 1. The van der Waals surface area contributed by atoms with E-state index in [4.69, 9.17) is 22.1 Å². The number of carboxylic acid groups (broad SMARTS) is 1. The lowest BCUT2D eigenvalue weighted by atomic mass is 10.2. The van der Waals surface area contributed by atoms with E-state index in [9.17, 15) is 9.59 Å². The second kappa shape index (κ2) is 9.81. The Labute approximate surface area is 161 Å². The second-order valence-corrected chi connectivity index (χ2v) is 6.25. The molecule has 0 radical (unpaired) electrons. The number of aromatic carboxylic acids is 1. The lowest BCUT2D eigenvalue weighted by molar-refractivity contribution is 0.0525. The number of nitrogen functional groups attached to an aromatic ring is 1. The van der Waals surface area contributed by atoms with Gasteiger partial charge in [0.25, 0.3) is 0 Å². The van der Waals surface area contributed by atoms with Gasteiger partial charge in [-0.2, -0.15) is 0 Å². The molecule has 130 valence electrons. The molecule has 2 aromatic rings. The van der Waals surface area contributed by atoms with Gasteiger partial charge < -0.3 is 15.6 Å². The van der Waals surface area contributed by atoms with E-state index < -0.39 is 5.97 Å². The summed E-state index contributed by atoms with van der Waals surface area (Å²) >= 11 is 6.33. The molecule has 0 spiro atoms. The van der Waals surface area contributed by atoms with E-state index in [-0.39, 0.29) is 11.5 Å². The number of carbonyl (C=O) groups excluding carboxylic acids is 1. The molecule has 3 N–H and O–H groups in total. The number of hydrogen-bond acceptors (Lipinski definition) is 4. The van der Waals surface area contributed by atoms with Crippen LogP contribution in [0.5, 0.6) is 0 Å². The summed E-state index contributed by atoms with van der Waals surface area (Å²) in [6, 6.07) is 9.23. The number of anilines is 1. The molecule has 0 saturated heterocycles. The molecule has 25 heavy (non-hydrogen) atoms. The summed E-state index contributed by atoms with van der Waals surface area (Å²) in [5.41, 5.74) is 7.26. The van der Waals surface area contributed by atoms with Crippen LogP contribution in [0.15, 0.2) is 45.3 Å². The number of nitrogens with two attached hydrogens (primary N) is 1. The standard InChI is InChI=1S/C9H10BrNO2.C8H4BrNO2/c1-2-13-9(12)6-3-4-8(11)7(10)5-6;1-10-7-3-2-5(8(11)12)4-6(7)9/h3-5H,2,11H2,1H3;2-4H,(H,11,12). The monoisotopic (exact) mass is 468 g/mol. The summed E-state index contributed by atoms with van der Waals surface area (Å²) < 4.78 is 6.04. The van der Waals surface area contributed by atoms with Gasteiger partial charge in [-0.15, -0.1) is 0 Å². The van der Waals surface area contributed by atoms with Crippen molar-refractivity contribution in [2.24, 2.45) is 0 Å². The number of halogens is 2. The number of esters is 1. The third-order valence-electron chi connectivity index (χ3n) is 2.83. The molecule has 0 bridgehead atoms. The average Bonchev–Trinajstić information content (AvgIpc) is 2.58. The lowest BCUT2D eigenvalue weighted by Crippen LogP contribution is -2.04. The van der Waals surface area contributed by atoms with Gasteiger partial charge >= 0.3 is 11.9 Å². The first-order valence-electron chi connectivity index (χ1n) is 6.92. The fraction of sp³-hybridized carbons (Fsp3) is 0.118. The maximum Gasteiger partial charge on any atom is 0.338 e. The molecule has 0 aromatic heterocycles. The number of carboxylic acids is 1. The van der Waals surface area contributed by atoms with Crippen molar-refractivity contribution in [1.82, 2.24) is 0 Å². The van der Waals surface area contributed by atoms with Gasteiger partial charge in [-0.3, -0.25) is 0 Å². The van der Waals surface area contributed by atoms with Crippen LogP contribution in [-0.2, 0) is 4.74 Å². The largest absolute Gasteiger partial charge is 0.478 e. The second-order valence-electron chi connectivity index (χ2n) is 4.54. The summed E-state index contributed by atoms with van der Waals surface area (Å²) in [5.74, 6) is -1.32. The molecular weight excluding hydrogens is 456 g/mol. The number of benzene rings is 2. The topological polar surface area (TPSA) is 94.0 Å². The zero-order valence-electron chi connectivity index (χ0n) is 13.1. The van der Waals surface area contributed by atoms with Gasteiger partial charge in [0.2, 0.25) is 5.69 Å². The fourth-order valence-corrected chi connectivity index (χ4v) is 2.45. The third-order valence-corrected chi connectivity index (χ3v) is 4.15. The Bertz CT molecular complexity index is 832. The smallest absolute Gasteiger partial charge is 0.338 e. The summed E-state index contributed by atoms with van der Waals surface area (Å²) in [6.45, 7) is 8.85. The van der Waals surface area contributed by atoms with E-state index in [0.717, 1.165) is 0 Å². The van der Waals surface area contributed by atoms with Crippen LogP contribution in [0.3, 0.4) is 0 Å². The highest BCUT2D eigenvalue weighted by Crippen LogP contribution is 2.26. The molecule has 6 nitrogen and oxygen atoms in total. The Balaban J connectivity index is 0.000000251. The summed E-state index contributed by atoms with van der Waals surface area (Å²) in [6.07, 6.45) is 0. The first kappa shape index (κ1) is 20.7. The first-order chi connectivity index (χ1) is 11.8. The Morgan fingerprint density at radius 2 is 1.76 bits per heavy atom. The van der Waals surface area contributed by atoms with Gasteiger partial charge in [0.15, 0.2) is 0 Å². The molecule has 0 saturated carbocycles. The zero-order chi connectivity index (χ0) is 19.0. The van der Waals surface area contributed by atoms with Crippen LogP contribution in [0, 0.1) is 6.57 Å². The summed E-state index contributed by atoms with van der Waals surface area (Å²) in [5, 5.41) is 8.57. The number of carbonyl (C=O) groups is 2. The van der Waals surface area contributed by atoms with Crippen molar-refractivity contribution in [2.75, 3.05) is 12.3 Å².